The molecule has 17 heavy (non-hydrogen) atoms. The van der Waals surface area contributed by atoms with Crippen molar-refractivity contribution in [1.29, 1.82) is 0 Å². The molecule has 2 nitrogen and oxygen atoms in total. The number of aliphatic hydroxyl groups is 1. The van der Waals surface area contributed by atoms with Crippen LogP contribution in [-0.2, 0) is 0 Å². The highest BCUT2D eigenvalue weighted by atomic mass is 32.2. The summed E-state index contributed by atoms with van der Waals surface area (Å²) in [5.41, 5.74) is 0.786. The Morgan fingerprint density at radius 2 is 1.88 bits per heavy atom. The van der Waals surface area contributed by atoms with Gasteiger partial charge < -0.3 is 5.11 Å². The minimum absolute atomic E-state index is 0.244. The second-order valence-electron chi connectivity index (χ2n) is 3.66. The zero-order chi connectivity index (χ0) is 12.3. The zero-order valence-corrected chi connectivity index (χ0v) is 10.1. The largest absolute Gasteiger partial charge is 0.389 e. The van der Waals surface area contributed by atoms with Gasteiger partial charge in [-0.2, -0.15) is 0 Å². The Hall–Kier alpha value is -1.39. The minimum atomic E-state index is -0.507. The van der Waals surface area contributed by atoms with Crippen molar-refractivity contribution >= 4 is 11.8 Å². The van der Waals surface area contributed by atoms with Crippen molar-refractivity contribution in [3.8, 4) is 0 Å². The predicted molar refractivity (Wildman–Crippen MR) is 65.4 cm³/mol. The summed E-state index contributed by atoms with van der Waals surface area (Å²) < 4.78 is 12.7. The third kappa shape index (κ3) is 3.28. The third-order valence-corrected chi connectivity index (χ3v) is 3.24. The molecule has 0 amide bonds. The van der Waals surface area contributed by atoms with E-state index in [4.69, 9.17) is 0 Å². The number of hydrogen-bond donors (Lipinski definition) is 1. The van der Waals surface area contributed by atoms with E-state index < -0.39 is 6.10 Å². The zero-order valence-electron chi connectivity index (χ0n) is 9.30. The first-order chi connectivity index (χ1) is 8.15. The summed E-state index contributed by atoms with van der Waals surface area (Å²) in [5, 5.41) is 10.2. The number of halogens is 1. The van der Waals surface area contributed by atoms with Gasteiger partial charge in [0.15, 0.2) is 0 Å². The molecule has 0 aliphatic heterocycles. The van der Waals surface area contributed by atoms with Crippen LogP contribution in [0.5, 0.6) is 0 Å². The maximum absolute atomic E-state index is 12.7. The Bertz CT molecular complexity index is 482. The summed E-state index contributed by atoms with van der Waals surface area (Å²) in [7, 11) is 0. The highest BCUT2D eigenvalue weighted by Gasteiger charge is 2.03. The second kappa shape index (κ2) is 5.29. The Kier molecular flexibility index (Phi) is 3.76. The fraction of sp³-hybridized carbons (Fsp3) is 0.154. The van der Waals surface area contributed by atoms with Crippen LogP contribution in [0.3, 0.4) is 0 Å². The molecule has 0 saturated carbocycles. The Labute approximate surface area is 104 Å². The topological polar surface area (TPSA) is 33.1 Å². The molecule has 2 aromatic rings. The van der Waals surface area contributed by atoms with Crippen LogP contribution in [0.1, 0.15) is 18.6 Å². The molecule has 1 N–H and O–H groups in total. The van der Waals surface area contributed by atoms with Gasteiger partial charge in [0.05, 0.1) is 6.10 Å². The molecule has 1 aromatic carbocycles. The lowest BCUT2D eigenvalue weighted by molar-refractivity contribution is 0.198. The molecule has 0 fully saturated rings. The summed E-state index contributed by atoms with van der Waals surface area (Å²) in [4.78, 5) is 5.16. The molecule has 4 heteroatoms. The summed E-state index contributed by atoms with van der Waals surface area (Å²) in [5.74, 6) is -0.244. The van der Waals surface area contributed by atoms with Gasteiger partial charge in [-0.05, 0) is 42.8 Å². The fourth-order valence-corrected chi connectivity index (χ4v) is 2.08. The number of aliphatic hydroxyl groups excluding tert-OH is 1. The fourth-order valence-electron chi connectivity index (χ4n) is 1.32. The van der Waals surface area contributed by atoms with Crippen molar-refractivity contribution in [1.82, 2.24) is 4.98 Å². The van der Waals surface area contributed by atoms with Crippen LogP contribution in [0, 0.1) is 5.82 Å². The van der Waals surface area contributed by atoms with Gasteiger partial charge >= 0.3 is 0 Å². The lowest BCUT2D eigenvalue weighted by Gasteiger charge is -2.05. The van der Waals surface area contributed by atoms with Crippen molar-refractivity contribution in [3.05, 3.63) is 54.0 Å². The molecule has 0 aliphatic carbocycles. The SMILES string of the molecule is C[C@H](O)c1ccc(Sc2ccc(F)cc2)nc1. The summed E-state index contributed by atoms with van der Waals surface area (Å²) in [6, 6.07) is 9.95. The number of benzene rings is 1. The molecule has 0 saturated heterocycles. The first kappa shape index (κ1) is 12.1. The summed E-state index contributed by atoms with van der Waals surface area (Å²) >= 11 is 1.46. The van der Waals surface area contributed by atoms with Crippen molar-refractivity contribution in [2.24, 2.45) is 0 Å². The third-order valence-electron chi connectivity index (χ3n) is 2.28. The molecule has 88 valence electrons. The van der Waals surface area contributed by atoms with E-state index in [-0.39, 0.29) is 5.82 Å². The van der Waals surface area contributed by atoms with E-state index in [1.54, 1.807) is 25.3 Å². The predicted octanol–water partition coefficient (Wildman–Crippen LogP) is 3.43. The Morgan fingerprint density at radius 3 is 2.41 bits per heavy atom. The molecule has 0 radical (unpaired) electrons. The average molecular weight is 249 g/mol. The first-order valence-electron chi connectivity index (χ1n) is 5.22. The number of nitrogens with zero attached hydrogens (tertiary/aromatic N) is 1. The molecule has 0 spiro atoms. The van der Waals surface area contributed by atoms with E-state index in [2.05, 4.69) is 4.98 Å². The normalized spacial score (nSPS) is 12.4. The lowest BCUT2D eigenvalue weighted by Crippen LogP contribution is -1.92. The molecule has 0 aliphatic rings. The van der Waals surface area contributed by atoms with Crippen LogP contribution in [0.4, 0.5) is 4.39 Å². The van der Waals surface area contributed by atoms with Crippen LogP contribution < -0.4 is 0 Å². The number of aromatic nitrogens is 1. The van der Waals surface area contributed by atoms with Crippen LogP contribution in [-0.4, -0.2) is 10.1 Å². The molecule has 1 atom stereocenters. The van der Waals surface area contributed by atoms with Gasteiger partial charge in [-0.15, -0.1) is 0 Å². The van der Waals surface area contributed by atoms with Gasteiger partial charge in [-0.25, -0.2) is 9.37 Å². The van der Waals surface area contributed by atoms with Gasteiger partial charge in [0, 0.05) is 11.1 Å². The van der Waals surface area contributed by atoms with Crippen LogP contribution in [0.25, 0.3) is 0 Å². The van der Waals surface area contributed by atoms with Crippen molar-refractivity contribution < 1.29 is 9.50 Å². The van der Waals surface area contributed by atoms with E-state index in [0.717, 1.165) is 15.5 Å². The van der Waals surface area contributed by atoms with Gasteiger partial charge in [0.25, 0.3) is 0 Å². The van der Waals surface area contributed by atoms with Gasteiger partial charge in [0.2, 0.25) is 0 Å². The van der Waals surface area contributed by atoms with Crippen molar-refractivity contribution in [3.63, 3.8) is 0 Å². The maximum atomic E-state index is 12.7. The Balaban J connectivity index is 2.11. The standard InChI is InChI=1S/C13H12FNOS/c1-9(16)10-2-7-13(15-8-10)17-12-5-3-11(14)4-6-12/h2-9,16H,1H3/t9-/m0/s1. The smallest absolute Gasteiger partial charge is 0.123 e. The second-order valence-corrected chi connectivity index (χ2v) is 4.76. The molecule has 2 rings (SSSR count). The average Bonchev–Trinajstić information content (AvgIpc) is 2.33. The van der Waals surface area contributed by atoms with Crippen molar-refractivity contribution in [2.45, 2.75) is 22.9 Å². The first-order valence-corrected chi connectivity index (χ1v) is 6.04. The van der Waals surface area contributed by atoms with Crippen LogP contribution in [0.2, 0.25) is 0 Å². The highest BCUT2D eigenvalue weighted by molar-refractivity contribution is 7.99. The Morgan fingerprint density at radius 1 is 1.18 bits per heavy atom. The van der Waals surface area contributed by atoms with Crippen molar-refractivity contribution in [2.75, 3.05) is 0 Å². The number of hydrogen-bond acceptors (Lipinski definition) is 3. The van der Waals surface area contributed by atoms with E-state index >= 15 is 0 Å². The minimum Gasteiger partial charge on any atom is -0.389 e. The highest BCUT2D eigenvalue weighted by Crippen LogP contribution is 2.26. The van der Waals surface area contributed by atoms with Crippen LogP contribution >= 0.6 is 11.8 Å². The van der Waals surface area contributed by atoms with E-state index in [9.17, 15) is 9.50 Å². The number of pyridine rings is 1. The summed E-state index contributed by atoms with van der Waals surface area (Å²) in [6.45, 7) is 1.70. The summed E-state index contributed by atoms with van der Waals surface area (Å²) in [6.07, 6.45) is 1.14. The van der Waals surface area contributed by atoms with Gasteiger partial charge in [-0.1, -0.05) is 17.8 Å². The molecule has 1 heterocycles. The van der Waals surface area contributed by atoms with E-state index in [0.29, 0.717) is 0 Å². The van der Waals surface area contributed by atoms with E-state index in [1.165, 1.54) is 23.9 Å². The molecule has 1 aromatic heterocycles. The molecule has 0 bridgehead atoms. The van der Waals surface area contributed by atoms with E-state index in [1.807, 2.05) is 12.1 Å². The maximum Gasteiger partial charge on any atom is 0.123 e. The lowest BCUT2D eigenvalue weighted by atomic mass is 10.2. The molecule has 0 unspecified atom stereocenters. The monoisotopic (exact) mass is 249 g/mol. The van der Waals surface area contributed by atoms with Gasteiger partial charge in [-0.3, -0.25) is 0 Å². The van der Waals surface area contributed by atoms with Gasteiger partial charge in [0.1, 0.15) is 10.8 Å². The number of rotatable bonds is 3. The quantitative estimate of drug-likeness (QED) is 0.904. The van der Waals surface area contributed by atoms with Crippen LogP contribution in [0.15, 0.2) is 52.5 Å². The molecular formula is C13H12FNOS. The molecular weight excluding hydrogens is 237 g/mol.